The molecule has 1 aromatic carbocycles. The van der Waals surface area contributed by atoms with Crippen LogP contribution in [0.1, 0.15) is 44.7 Å². The number of hydrogen-bond donors (Lipinski definition) is 0. The Hall–Kier alpha value is -2.45. The summed E-state index contributed by atoms with van der Waals surface area (Å²) in [6.45, 7) is 8.10. The minimum Gasteiger partial charge on any atom is -0.338 e. The first-order valence-corrected chi connectivity index (χ1v) is 11.0. The van der Waals surface area contributed by atoms with Gasteiger partial charge in [0.2, 0.25) is 5.89 Å². The molecule has 0 fully saturated rings. The van der Waals surface area contributed by atoms with Crippen molar-refractivity contribution in [3.63, 3.8) is 0 Å². The summed E-state index contributed by atoms with van der Waals surface area (Å²) in [4.78, 5) is 24.0. The normalized spacial score (nSPS) is 13.1. The quantitative estimate of drug-likeness (QED) is 0.330. The van der Waals surface area contributed by atoms with Crippen LogP contribution in [-0.2, 0) is 12.5 Å². The molecule has 0 unspecified atom stereocenters. The van der Waals surface area contributed by atoms with E-state index in [2.05, 4.69) is 10.1 Å². The number of thiophene rings is 1. The molecule has 6 nitrogen and oxygen atoms in total. The van der Waals surface area contributed by atoms with Crippen LogP contribution >= 0.6 is 23.1 Å². The number of aromatic nitrogens is 4. The van der Waals surface area contributed by atoms with Crippen molar-refractivity contribution in [3.8, 4) is 10.4 Å². The number of nitrogens with zero attached hydrogens (tertiary/aromatic N) is 4. The third kappa shape index (κ3) is 3.86. The van der Waals surface area contributed by atoms with Gasteiger partial charge in [-0.2, -0.15) is 4.98 Å². The molecule has 0 aliphatic heterocycles. The SMILES string of the molecule is C[C@@H](Sc1nc2sc(-c3ccccc3)cc2c(=O)n1C)c1nc(C(C)(C)C)no1. The smallest absolute Gasteiger partial charge is 0.262 e. The van der Waals surface area contributed by atoms with Gasteiger partial charge in [-0.15, -0.1) is 11.3 Å². The summed E-state index contributed by atoms with van der Waals surface area (Å²) in [5.74, 6) is 1.20. The Kier molecular flexibility index (Phi) is 5.08. The van der Waals surface area contributed by atoms with Gasteiger partial charge < -0.3 is 4.52 Å². The summed E-state index contributed by atoms with van der Waals surface area (Å²) in [5.41, 5.74) is 0.853. The van der Waals surface area contributed by atoms with Gasteiger partial charge in [-0.3, -0.25) is 9.36 Å². The molecule has 0 aliphatic carbocycles. The van der Waals surface area contributed by atoms with Crippen LogP contribution in [-0.4, -0.2) is 19.7 Å². The molecule has 3 aromatic heterocycles. The Morgan fingerprint density at radius 1 is 1.17 bits per heavy atom. The van der Waals surface area contributed by atoms with Crippen LogP contribution in [0.3, 0.4) is 0 Å². The summed E-state index contributed by atoms with van der Waals surface area (Å²) < 4.78 is 7.04. The van der Waals surface area contributed by atoms with Gasteiger partial charge in [-0.05, 0) is 18.6 Å². The zero-order chi connectivity index (χ0) is 20.8. The van der Waals surface area contributed by atoms with E-state index in [4.69, 9.17) is 9.51 Å². The van der Waals surface area contributed by atoms with E-state index in [1.54, 1.807) is 11.6 Å². The van der Waals surface area contributed by atoms with Crippen LogP contribution in [0.5, 0.6) is 0 Å². The second-order valence-corrected chi connectivity index (χ2v) is 10.3. The van der Waals surface area contributed by atoms with Gasteiger partial charge in [-0.1, -0.05) is 68.0 Å². The van der Waals surface area contributed by atoms with E-state index >= 15 is 0 Å². The van der Waals surface area contributed by atoms with Crippen LogP contribution in [0.15, 0.2) is 50.9 Å². The molecule has 8 heteroatoms. The largest absolute Gasteiger partial charge is 0.338 e. The van der Waals surface area contributed by atoms with Crippen LogP contribution in [0.2, 0.25) is 0 Å². The number of hydrogen-bond acceptors (Lipinski definition) is 7. The number of thioether (sulfide) groups is 1. The second-order valence-electron chi connectivity index (χ2n) is 7.92. The van der Waals surface area contributed by atoms with E-state index in [1.807, 2.05) is 64.1 Å². The topological polar surface area (TPSA) is 73.8 Å². The maximum Gasteiger partial charge on any atom is 0.262 e. The zero-order valence-corrected chi connectivity index (χ0v) is 18.6. The Labute approximate surface area is 177 Å². The van der Waals surface area contributed by atoms with Gasteiger partial charge in [0.25, 0.3) is 5.56 Å². The Bertz CT molecular complexity index is 1220. The summed E-state index contributed by atoms with van der Waals surface area (Å²) in [5, 5.41) is 5.24. The van der Waals surface area contributed by atoms with Crippen LogP contribution in [0.25, 0.3) is 20.7 Å². The molecule has 0 saturated carbocycles. The van der Waals surface area contributed by atoms with E-state index in [0.717, 1.165) is 15.3 Å². The first kappa shape index (κ1) is 19.8. The highest BCUT2D eigenvalue weighted by Crippen LogP contribution is 2.36. The van der Waals surface area contributed by atoms with Crippen molar-refractivity contribution in [1.29, 1.82) is 0 Å². The first-order chi connectivity index (χ1) is 13.7. The lowest BCUT2D eigenvalue weighted by molar-refractivity contribution is 0.364. The lowest BCUT2D eigenvalue weighted by atomic mass is 9.96. The third-order valence-corrected chi connectivity index (χ3v) is 6.74. The van der Waals surface area contributed by atoms with Crippen molar-refractivity contribution in [1.82, 2.24) is 19.7 Å². The fourth-order valence-corrected chi connectivity index (χ4v) is 4.79. The summed E-state index contributed by atoms with van der Waals surface area (Å²) in [6, 6.07) is 12.0. The lowest BCUT2D eigenvalue weighted by Crippen LogP contribution is -2.19. The van der Waals surface area contributed by atoms with E-state index in [0.29, 0.717) is 22.3 Å². The highest BCUT2D eigenvalue weighted by molar-refractivity contribution is 7.99. The summed E-state index contributed by atoms with van der Waals surface area (Å²) in [7, 11) is 1.75. The molecule has 0 N–H and O–H groups in total. The third-order valence-electron chi connectivity index (χ3n) is 4.53. The molecule has 0 saturated heterocycles. The average molecular weight is 427 g/mol. The maximum atomic E-state index is 12.9. The van der Waals surface area contributed by atoms with Crippen LogP contribution in [0, 0.1) is 0 Å². The van der Waals surface area contributed by atoms with Crippen LogP contribution in [0.4, 0.5) is 0 Å². The average Bonchev–Trinajstić information content (AvgIpc) is 3.34. The summed E-state index contributed by atoms with van der Waals surface area (Å²) in [6.07, 6.45) is 0. The molecule has 0 radical (unpaired) electrons. The van der Waals surface area contributed by atoms with E-state index in [-0.39, 0.29) is 16.2 Å². The molecule has 4 rings (SSSR count). The van der Waals surface area contributed by atoms with Crippen molar-refractivity contribution < 1.29 is 4.52 Å². The minimum absolute atomic E-state index is 0.0518. The molecule has 4 aromatic rings. The predicted octanol–water partition coefficient (Wildman–Crippen LogP) is 5.20. The molecule has 150 valence electrons. The standard InChI is InChI=1S/C21H22N4O2S2/c1-12(16-22-19(24-27-16)21(2,3)4)28-20-23-17-14(18(26)25(20)5)11-15(29-17)13-9-7-6-8-10-13/h6-12H,1-5H3/t12-/m1/s1. The highest BCUT2D eigenvalue weighted by atomic mass is 32.2. The van der Waals surface area contributed by atoms with E-state index < -0.39 is 0 Å². The molecule has 3 heterocycles. The predicted molar refractivity (Wildman–Crippen MR) is 118 cm³/mol. The summed E-state index contributed by atoms with van der Waals surface area (Å²) >= 11 is 2.97. The van der Waals surface area contributed by atoms with Gasteiger partial charge in [0.1, 0.15) is 4.83 Å². The number of fused-ring (bicyclic) bond motifs is 1. The van der Waals surface area contributed by atoms with Crippen molar-refractivity contribution in [3.05, 3.63) is 58.5 Å². The molecule has 0 bridgehead atoms. The second kappa shape index (κ2) is 7.42. The van der Waals surface area contributed by atoms with Crippen molar-refractivity contribution in [2.75, 3.05) is 0 Å². The fraction of sp³-hybridized carbons (Fsp3) is 0.333. The van der Waals surface area contributed by atoms with Crippen molar-refractivity contribution in [2.45, 2.75) is 43.5 Å². The lowest BCUT2D eigenvalue weighted by Gasteiger charge is -2.11. The molecular weight excluding hydrogens is 404 g/mol. The zero-order valence-electron chi connectivity index (χ0n) is 17.0. The molecule has 0 spiro atoms. The molecular formula is C21H22N4O2S2. The number of rotatable bonds is 4. The van der Waals surface area contributed by atoms with Gasteiger partial charge in [0.05, 0.1) is 10.6 Å². The van der Waals surface area contributed by atoms with Gasteiger partial charge >= 0.3 is 0 Å². The monoisotopic (exact) mass is 426 g/mol. The minimum atomic E-state index is -0.180. The fourth-order valence-electron chi connectivity index (χ4n) is 2.81. The van der Waals surface area contributed by atoms with Crippen molar-refractivity contribution >= 4 is 33.3 Å². The van der Waals surface area contributed by atoms with Gasteiger partial charge in [0, 0.05) is 17.3 Å². The molecule has 1 atom stereocenters. The van der Waals surface area contributed by atoms with Crippen molar-refractivity contribution in [2.24, 2.45) is 7.05 Å². The molecule has 0 amide bonds. The van der Waals surface area contributed by atoms with Gasteiger partial charge in [-0.25, -0.2) is 4.98 Å². The van der Waals surface area contributed by atoms with E-state index in [9.17, 15) is 4.79 Å². The highest BCUT2D eigenvalue weighted by Gasteiger charge is 2.24. The molecule has 29 heavy (non-hydrogen) atoms. The Morgan fingerprint density at radius 2 is 1.90 bits per heavy atom. The van der Waals surface area contributed by atoms with E-state index in [1.165, 1.54) is 23.1 Å². The first-order valence-electron chi connectivity index (χ1n) is 9.31. The van der Waals surface area contributed by atoms with Gasteiger partial charge in [0.15, 0.2) is 11.0 Å². The number of benzene rings is 1. The Morgan fingerprint density at radius 3 is 2.55 bits per heavy atom. The Balaban J connectivity index is 1.68. The maximum absolute atomic E-state index is 12.9. The van der Waals surface area contributed by atoms with Crippen LogP contribution < -0.4 is 5.56 Å². The molecule has 0 aliphatic rings.